The van der Waals surface area contributed by atoms with Crippen molar-refractivity contribution in [2.45, 2.75) is 19.4 Å². The van der Waals surface area contributed by atoms with Crippen molar-refractivity contribution >= 4 is 0 Å². The molecule has 1 heterocycles. The van der Waals surface area contributed by atoms with E-state index in [4.69, 9.17) is 10.8 Å². The Balaban J connectivity index is 3.03. The smallest absolute Gasteiger partial charge is 0.0789 e. The van der Waals surface area contributed by atoms with Gasteiger partial charge in [0.1, 0.15) is 0 Å². The van der Waals surface area contributed by atoms with Gasteiger partial charge in [-0.15, -0.1) is 0 Å². The molecule has 0 aromatic carbocycles. The molecule has 3 heteroatoms. The van der Waals surface area contributed by atoms with Crippen LogP contribution in [0.15, 0.2) is 18.3 Å². The Labute approximate surface area is 72.2 Å². The molecule has 66 valence electrons. The number of aliphatic hydroxyl groups excluding tert-OH is 1. The zero-order chi connectivity index (χ0) is 9.19. The van der Waals surface area contributed by atoms with Crippen LogP contribution in [-0.2, 0) is 5.54 Å². The van der Waals surface area contributed by atoms with Crippen molar-refractivity contribution in [3.8, 4) is 0 Å². The van der Waals surface area contributed by atoms with Gasteiger partial charge in [-0.1, -0.05) is 0 Å². The van der Waals surface area contributed by atoms with E-state index in [2.05, 4.69) is 4.98 Å². The molecule has 1 atom stereocenters. The highest BCUT2D eigenvalue weighted by Gasteiger charge is 2.21. The summed E-state index contributed by atoms with van der Waals surface area (Å²) in [6.07, 6.45) is 1.70. The molecule has 12 heavy (non-hydrogen) atoms. The third-order valence-electron chi connectivity index (χ3n) is 1.83. The fourth-order valence-corrected chi connectivity index (χ4v) is 0.929. The lowest BCUT2D eigenvalue weighted by Crippen LogP contribution is -2.37. The molecule has 1 aromatic rings. The maximum absolute atomic E-state index is 8.97. The van der Waals surface area contributed by atoms with E-state index in [9.17, 15) is 0 Å². The Hall–Kier alpha value is -0.930. The second-order valence-corrected chi connectivity index (χ2v) is 3.29. The summed E-state index contributed by atoms with van der Waals surface area (Å²) in [5.74, 6) is 0. The van der Waals surface area contributed by atoms with Crippen LogP contribution in [0.4, 0.5) is 0 Å². The average Bonchev–Trinajstić information content (AvgIpc) is 2.05. The van der Waals surface area contributed by atoms with Gasteiger partial charge < -0.3 is 10.8 Å². The highest BCUT2D eigenvalue weighted by Crippen LogP contribution is 2.14. The zero-order valence-corrected chi connectivity index (χ0v) is 7.41. The molecule has 0 saturated carbocycles. The Morgan fingerprint density at radius 3 is 2.83 bits per heavy atom. The van der Waals surface area contributed by atoms with Crippen LogP contribution in [0.25, 0.3) is 0 Å². The maximum atomic E-state index is 8.97. The normalized spacial score (nSPS) is 15.7. The molecule has 0 amide bonds. The first-order valence-corrected chi connectivity index (χ1v) is 3.89. The van der Waals surface area contributed by atoms with Gasteiger partial charge >= 0.3 is 0 Å². The van der Waals surface area contributed by atoms with Crippen molar-refractivity contribution < 1.29 is 5.11 Å². The van der Waals surface area contributed by atoms with Crippen LogP contribution in [0.2, 0.25) is 0 Å². The number of hydrogen-bond donors (Lipinski definition) is 2. The van der Waals surface area contributed by atoms with E-state index in [1.165, 1.54) is 0 Å². The Kier molecular flexibility index (Phi) is 2.45. The van der Waals surface area contributed by atoms with Crippen molar-refractivity contribution in [2.75, 3.05) is 6.61 Å². The number of hydrogen-bond acceptors (Lipinski definition) is 3. The molecule has 1 aromatic heterocycles. The number of nitrogens with two attached hydrogens (primary N) is 1. The predicted molar refractivity (Wildman–Crippen MR) is 47.6 cm³/mol. The molecule has 0 saturated heterocycles. The third kappa shape index (κ3) is 1.81. The van der Waals surface area contributed by atoms with Crippen molar-refractivity contribution in [1.29, 1.82) is 0 Å². The molecule has 3 N–H and O–H groups in total. The van der Waals surface area contributed by atoms with Crippen molar-refractivity contribution in [1.82, 2.24) is 4.98 Å². The lowest BCUT2D eigenvalue weighted by molar-refractivity contribution is 0.206. The molecule has 1 unspecified atom stereocenters. The minimum absolute atomic E-state index is 0.0938. The summed E-state index contributed by atoms with van der Waals surface area (Å²) in [4.78, 5) is 4.10. The van der Waals surface area contributed by atoms with E-state index in [-0.39, 0.29) is 6.61 Å². The second kappa shape index (κ2) is 3.21. The number of pyridine rings is 1. The standard InChI is InChI=1S/C9H14N2O/c1-7-3-4-11-8(5-7)9(2,10)6-12/h3-5,12H,6,10H2,1-2H3. The minimum atomic E-state index is -0.730. The van der Waals surface area contributed by atoms with Crippen LogP contribution in [-0.4, -0.2) is 16.7 Å². The van der Waals surface area contributed by atoms with Crippen molar-refractivity contribution in [3.63, 3.8) is 0 Å². The minimum Gasteiger partial charge on any atom is -0.394 e. The lowest BCUT2D eigenvalue weighted by atomic mass is 9.99. The summed E-state index contributed by atoms with van der Waals surface area (Å²) in [7, 11) is 0. The van der Waals surface area contributed by atoms with E-state index in [0.717, 1.165) is 11.3 Å². The Bertz CT molecular complexity index is 271. The summed E-state index contributed by atoms with van der Waals surface area (Å²) in [6.45, 7) is 3.64. The number of aryl methyl sites for hydroxylation is 1. The molecule has 0 fully saturated rings. The molecule has 3 nitrogen and oxygen atoms in total. The van der Waals surface area contributed by atoms with Gasteiger partial charge in [-0.05, 0) is 31.5 Å². The quantitative estimate of drug-likeness (QED) is 0.674. The van der Waals surface area contributed by atoms with Gasteiger partial charge in [-0.2, -0.15) is 0 Å². The highest BCUT2D eigenvalue weighted by molar-refractivity contribution is 5.20. The maximum Gasteiger partial charge on any atom is 0.0789 e. The van der Waals surface area contributed by atoms with Crippen LogP contribution < -0.4 is 5.73 Å². The van der Waals surface area contributed by atoms with E-state index >= 15 is 0 Å². The van der Waals surface area contributed by atoms with Gasteiger partial charge in [0.15, 0.2) is 0 Å². The van der Waals surface area contributed by atoms with E-state index in [0.29, 0.717) is 0 Å². The van der Waals surface area contributed by atoms with Crippen LogP contribution in [0, 0.1) is 6.92 Å². The van der Waals surface area contributed by atoms with E-state index in [1.807, 2.05) is 19.1 Å². The first-order valence-electron chi connectivity index (χ1n) is 3.89. The number of rotatable bonds is 2. The van der Waals surface area contributed by atoms with Gasteiger partial charge in [0, 0.05) is 6.20 Å². The molecular formula is C9H14N2O. The van der Waals surface area contributed by atoms with Crippen LogP contribution >= 0.6 is 0 Å². The second-order valence-electron chi connectivity index (χ2n) is 3.29. The van der Waals surface area contributed by atoms with Gasteiger partial charge in [-0.3, -0.25) is 4.98 Å². The third-order valence-corrected chi connectivity index (χ3v) is 1.83. The average molecular weight is 166 g/mol. The highest BCUT2D eigenvalue weighted by atomic mass is 16.3. The van der Waals surface area contributed by atoms with Crippen molar-refractivity contribution in [2.24, 2.45) is 5.73 Å². The molecule has 1 rings (SSSR count). The fourth-order valence-electron chi connectivity index (χ4n) is 0.929. The molecular weight excluding hydrogens is 152 g/mol. The van der Waals surface area contributed by atoms with Crippen molar-refractivity contribution in [3.05, 3.63) is 29.6 Å². The summed E-state index contributed by atoms with van der Waals surface area (Å²) in [6, 6.07) is 3.78. The molecule has 0 aliphatic heterocycles. The molecule has 0 radical (unpaired) electrons. The zero-order valence-electron chi connectivity index (χ0n) is 7.41. The Morgan fingerprint density at radius 1 is 1.67 bits per heavy atom. The number of nitrogens with zero attached hydrogens (tertiary/aromatic N) is 1. The van der Waals surface area contributed by atoms with Gasteiger partial charge in [-0.25, -0.2) is 0 Å². The molecule has 0 aliphatic rings. The predicted octanol–water partition coefficient (Wildman–Crippen LogP) is 0.556. The van der Waals surface area contributed by atoms with Gasteiger partial charge in [0.05, 0.1) is 17.8 Å². The molecule has 0 aliphatic carbocycles. The van der Waals surface area contributed by atoms with E-state index in [1.54, 1.807) is 13.1 Å². The molecule has 0 bridgehead atoms. The van der Waals surface area contributed by atoms with Crippen LogP contribution in [0.5, 0.6) is 0 Å². The summed E-state index contributed by atoms with van der Waals surface area (Å²) < 4.78 is 0. The monoisotopic (exact) mass is 166 g/mol. The number of aromatic nitrogens is 1. The first-order chi connectivity index (χ1) is 5.56. The first kappa shape index (κ1) is 9.16. The summed E-state index contributed by atoms with van der Waals surface area (Å²) in [5.41, 5.74) is 6.89. The topological polar surface area (TPSA) is 59.1 Å². The molecule has 0 spiro atoms. The van der Waals surface area contributed by atoms with Crippen LogP contribution in [0.3, 0.4) is 0 Å². The number of aliphatic hydroxyl groups is 1. The van der Waals surface area contributed by atoms with Gasteiger partial charge in [0.2, 0.25) is 0 Å². The van der Waals surface area contributed by atoms with E-state index < -0.39 is 5.54 Å². The summed E-state index contributed by atoms with van der Waals surface area (Å²) >= 11 is 0. The SMILES string of the molecule is Cc1ccnc(C(C)(N)CO)c1. The fraction of sp³-hybridized carbons (Fsp3) is 0.444. The summed E-state index contributed by atoms with van der Waals surface area (Å²) in [5, 5.41) is 8.97. The Morgan fingerprint density at radius 2 is 2.33 bits per heavy atom. The van der Waals surface area contributed by atoms with Gasteiger partial charge in [0.25, 0.3) is 0 Å². The lowest BCUT2D eigenvalue weighted by Gasteiger charge is -2.20. The van der Waals surface area contributed by atoms with Crippen LogP contribution in [0.1, 0.15) is 18.2 Å². The largest absolute Gasteiger partial charge is 0.394 e.